The number of aryl methyl sites for hydroxylation is 2. The zero-order valence-electron chi connectivity index (χ0n) is 19.0. The van der Waals surface area contributed by atoms with Gasteiger partial charge in [0.1, 0.15) is 17.5 Å². The molecule has 3 heterocycles. The molecule has 4 heteroatoms. The van der Waals surface area contributed by atoms with Gasteiger partial charge in [-0.3, -0.25) is 9.13 Å². The van der Waals surface area contributed by atoms with Crippen molar-refractivity contribution in [3.8, 4) is 24.0 Å². The third kappa shape index (κ3) is 2.95. The van der Waals surface area contributed by atoms with Gasteiger partial charge in [-0.1, -0.05) is 60.5 Å². The van der Waals surface area contributed by atoms with E-state index in [1.807, 2.05) is 13.0 Å². The summed E-state index contributed by atoms with van der Waals surface area (Å²) >= 11 is 0. The SMILES string of the molecule is C#C/C=C\c1c(C)c2ccccc2n1-c1cc(-n2c3ccccc3c3ccccc32)nc(C)n1. The molecule has 0 aliphatic heterocycles. The molecule has 0 radical (unpaired) electrons. The predicted molar refractivity (Wildman–Crippen MR) is 141 cm³/mol. The summed E-state index contributed by atoms with van der Waals surface area (Å²) in [6, 6.07) is 27.3. The van der Waals surface area contributed by atoms with Crippen molar-refractivity contribution in [1.82, 2.24) is 19.1 Å². The average molecular weight is 439 g/mol. The second-order valence-electron chi connectivity index (χ2n) is 8.36. The number of aromatic nitrogens is 4. The number of para-hydroxylation sites is 3. The van der Waals surface area contributed by atoms with Crippen molar-refractivity contribution in [3.05, 3.63) is 102 Å². The smallest absolute Gasteiger partial charge is 0.143 e. The Balaban J connectivity index is 1.69. The van der Waals surface area contributed by atoms with Gasteiger partial charge in [0.25, 0.3) is 0 Å². The molecule has 0 spiro atoms. The molecule has 0 aliphatic carbocycles. The lowest BCUT2D eigenvalue weighted by atomic mass is 10.1. The second kappa shape index (κ2) is 7.75. The number of benzene rings is 3. The fourth-order valence-electron chi connectivity index (χ4n) is 4.93. The van der Waals surface area contributed by atoms with Gasteiger partial charge >= 0.3 is 0 Å². The van der Waals surface area contributed by atoms with Gasteiger partial charge in [0.15, 0.2) is 0 Å². The lowest BCUT2D eigenvalue weighted by Gasteiger charge is -2.13. The summed E-state index contributed by atoms with van der Waals surface area (Å²) in [5.41, 5.74) is 5.51. The van der Waals surface area contributed by atoms with E-state index in [-0.39, 0.29) is 0 Å². The van der Waals surface area contributed by atoms with E-state index in [0.717, 1.165) is 39.4 Å². The molecule has 0 N–H and O–H groups in total. The Bertz CT molecular complexity index is 1740. The van der Waals surface area contributed by atoms with Crippen LogP contribution in [-0.2, 0) is 0 Å². The number of hydrogen-bond acceptors (Lipinski definition) is 2. The van der Waals surface area contributed by atoms with Crippen molar-refractivity contribution in [2.24, 2.45) is 0 Å². The fourth-order valence-corrected chi connectivity index (χ4v) is 4.93. The van der Waals surface area contributed by atoms with Crippen LogP contribution in [0.15, 0.2) is 84.9 Å². The Morgan fingerprint density at radius 1 is 0.706 bits per heavy atom. The molecule has 0 saturated carbocycles. The van der Waals surface area contributed by atoms with E-state index in [0.29, 0.717) is 5.82 Å². The molecule has 0 unspecified atom stereocenters. The molecule has 3 aromatic carbocycles. The van der Waals surface area contributed by atoms with E-state index >= 15 is 0 Å². The highest BCUT2D eigenvalue weighted by Crippen LogP contribution is 2.33. The van der Waals surface area contributed by atoms with E-state index < -0.39 is 0 Å². The number of fused-ring (bicyclic) bond motifs is 4. The van der Waals surface area contributed by atoms with Gasteiger partial charge in [-0.2, -0.15) is 0 Å². The fraction of sp³-hybridized carbons (Fsp3) is 0.0667. The quantitative estimate of drug-likeness (QED) is 0.286. The van der Waals surface area contributed by atoms with Crippen molar-refractivity contribution in [1.29, 1.82) is 0 Å². The summed E-state index contributed by atoms with van der Waals surface area (Å²) < 4.78 is 4.39. The maximum Gasteiger partial charge on any atom is 0.143 e. The third-order valence-electron chi connectivity index (χ3n) is 6.36. The zero-order valence-corrected chi connectivity index (χ0v) is 19.0. The molecule has 6 rings (SSSR count). The van der Waals surface area contributed by atoms with E-state index in [2.05, 4.69) is 101 Å². The summed E-state index contributed by atoms with van der Waals surface area (Å²) in [5, 5.41) is 3.58. The minimum atomic E-state index is 0.705. The number of terminal acetylenes is 1. The normalized spacial score (nSPS) is 11.7. The number of nitrogens with zero attached hydrogens (tertiary/aromatic N) is 4. The molecule has 0 fully saturated rings. The Labute approximate surface area is 197 Å². The Morgan fingerprint density at radius 2 is 1.21 bits per heavy atom. The molecule has 0 amide bonds. The zero-order chi connectivity index (χ0) is 23.2. The highest BCUT2D eigenvalue weighted by atomic mass is 15.1. The van der Waals surface area contributed by atoms with Crippen molar-refractivity contribution in [3.63, 3.8) is 0 Å². The maximum absolute atomic E-state index is 5.55. The van der Waals surface area contributed by atoms with Gasteiger partial charge in [0.05, 0.1) is 22.2 Å². The summed E-state index contributed by atoms with van der Waals surface area (Å²) in [7, 11) is 0. The molecular formula is C30H22N4. The van der Waals surface area contributed by atoms with Crippen LogP contribution in [-0.4, -0.2) is 19.1 Å². The van der Waals surface area contributed by atoms with Crippen LogP contribution < -0.4 is 0 Å². The first kappa shape index (κ1) is 20.0. The summed E-state index contributed by atoms with van der Waals surface area (Å²) in [5.74, 6) is 4.97. The van der Waals surface area contributed by atoms with Gasteiger partial charge < -0.3 is 0 Å². The molecule has 0 saturated heterocycles. The molecule has 3 aromatic heterocycles. The molecular weight excluding hydrogens is 416 g/mol. The van der Waals surface area contributed by atoms with E-state index in [9.17, 15) is 0 Å². The number of allylic oxidation sites excluding steroid dienone is 1. The minimum absolute atomic E-state index is 0.705. The van der Waals surface area contributed by atoms with Gasteiger partial charge in [0, 0.05) is 22.2 Å². The largest absolute Gasteiger partial charge is 0.294 e. The Morgan fingerprint density at radius 3 is 1.79 bits per heavy atom. The molecule has 0 bridgehead atoms. The van der Waals surface area contributed by atoms with Crippen LogP contribution in [0.4, 0.5) is 0 Å². The van der Waals surface area contributed by atoms with Crippen molar-refractivity contribution in [2.75, 3.05) is 0 Å². The lowest BCUT2D eigenvalue weighted by molar-refractivity contribution is 0.923. The molecule has 4 nitrogen and oxygen atoms in total. The Kier molecular flexibility index (Phi) is 4.57. The Hall–Kier alpha value is -4.62. The third-order valence-corrected chi connectivity index (χ3v) is 6.36. The van der Waals surface area contributed by atoms with Gasteiger partial charge in [-0.05, 0) is 49.8 Å². The summed E-state index contributed by atoms with van der Waals surface area (Å²) in [6.45, 7) is 4.06. The van der Waals surface area contributed by atoms with Gasteiger partial charge in [-0.15, -0.1) is 6.42 Å². The van der Waals surface area contributed by atoms with Crippen LogP contribution in [0.2, 0.25) is 0 Å². The average Bonchev–Trinajstić information content (AvgIpc) is 3.34. The van der Waals surface area contributed by atoms with Crippen LogP contribution in [0.3, 0.4) is 0 Å². The van der Waals surface area contributed by atoms with Crippen LogP contribution in [0.25, 0.3) is 50.4 Å². The van der Waals surface area contributed by atoms with Crippen LogP contribution in [0, 0.1) is 26.2 Å². The first-order valence-corrected chi connectivity index (χ1v) is 11.2. The highest BCUT2D eigenvalue weighted by Gasteiger charge is 2.18. The molecule has 34 heavy (non-hydrogen) atoms. The van der Waals surface area contributed by atoms with E-state index in [1.165, 1.54) is 16.2 Å². The number of rotatable bonds is 3. The first-order chi connectivity index (χ1) is 16.7. The van der Waals surface area contributed by atoms with Crippen molar-refractivity contribution >= 4 is 38.8 Å². The van der Waals surface area contributed by atoms with E-state index in [1.54, 1.807) is 6.08 Å². The highest BCUT2D eigenvalue weighted by molar-refractivity contribution is 6.09. The molecule has 0 aliphatic rings. The molecule has 0 atom stereocenters. The van der Waals surface area contributed by atoms with Gasteiger partial charge in [0.2, 0.25) is 0 Å². The molecule has 6 aromatic rings. The summed E-state index contributed by atoms with van der Waals surface area (Å²) in [4.78, 5) is 9.73. The lowest BCUT2D eigenvalue weighted by Crippen LogP contribution is -2.07. The topological polar surface area (TPSA) is 35.6 Å². The second-order valence-corrected chi connectivity index (χ2v) is 8.36. The van der Waals surface area contributed by atoms with Crippen LogP contribution >= 0.6 is 0 Å². The van der Waals surface area contributed by atoms with Gasteiger partial charge in [-0.25, -0.2) is 9.97 Å². The molecule has 162 valence electrons. The van der Waals surface area contributed by atoms with Crippen molar-refractivity contribution in [2.45, 2.75) is 13.8 Å². The van der Waals surface area contributed by atoms with Crippen LogP contribution in [0.1, 0.15) is 17.1 Å². The monoisotopic (exact) mass is 438 g/mol. The number of hydrogen-bond donors (Lipinski definition) is 0. The maximum atomic E-state index is 5.55. The first-order valence-electron chi connectivity index (χ1n) is 11.2. The van der Waals surface area contributed by atoms with Crippen molar-refractivity contribution < 1.29 is 0 Å². The van der Waals surface area contributed by atoms with Crippen LogP contribution in [0.5, 0.6) is 0 Å². The minimum Gasteiger partial charge on any atom is -0.294 e. The standard InChI is InChI=1S/C30H22N4/c1-4-5-15-25-20(2)22-12-6-9-16-26(22)33(25)29-19-30(32-21(3)31-29)34-27-17-10-7-13-23(27)24-14-8-11-18-28(24)34/h1,5-19H,2-3H3/b15-5-. The van der Waals surface area contributed by atoms with E-state index in [4.69, 9.17) is 16.4 Å². The predicted octanol–water partition coefficient (Wildman–Crippen LogP) is 6.78. The summed E-state index contributed by atoms with van der Waals surface area (Å²) in [6.07, 6.45) is 9.27.